The summed E-state index contributed by atoms with van der Waals surface area (Å²) in [5.41, 5.74) is 0.569. The summed E-state index contributed by atoms with van der Waals surface area (Å²) in [6, 6.07) is 3.38. The van der Waals surface area contributed by atoms with Crippen LogP contribution in [0.4, 0.5) is 0 Å². The van der Waals surface area contributed by atoms with Gasteiger partial charge < -0.3 is 18.9 Å². The third-order valence-corrected chi connectivity index (χ3v) is 2.97. The molecule has 0 fully saturated rings. The number of halogens is 1. The van der Waals surface area contributed by atoms with Crippen molar-refractivity contribution in [2.45, 2.75) is 13.2 Å². The standard InChI is InChI=1S/C8H5BrO3.C4H10O2/c9-6-2-8-7(11-4-12-8)1-5(6)3-10;1-4(5-2)6-3/h1-3H,4H2;4H,1-3H3. The summed E-state index contributed by atoms with van der Waals surface area (Å²) >= 11 is 3.24. The number of benzene rings is 1. The van der Waals surface area contributed by atoms with E-state index in [4.69, 9.17) is 9.47 Å². The van der Waals surface area contributed by atoms with Gasteiger partial charge in [-0.1, -0.05) is 0 Å². The Balaban J connectivity index is 0.000000232. The van der Waals surface area contributed by atoms with E-state index in [1.54, 1.807) is 26.4 Å². The van der Waals surface area contributed by atoms with Gasteiger partial charge in [-0.3, -0.25) is 4.79 Å². The molecule has 5 nitrogen and oxygen atoms in total. The van der Waals surface area contributed by atoms with Crippen molar-refractivity contribution in [3.63, 3.8) is 0 Å². The number of hydrogen-bond acceptors (Lipinski definition) is 5. The van der Waals surface area contributed by atoms with Crippen molar-refractivity contribution >= 4 is 22.2 Å². The van der Waals surface area contributed by atoms with Gasteiger partial charge >= 0.3 is 0 Å². The fourth-order valence-electron chi connectivity index (χ4n) is 1.12. The highest BCUT2D eigenvalue weighted by molar-refractivity contribution is 9.10. The van der Waals surface area contributed by atoms with Crippen LogP contribution in [0.2, 0.25) is 0 Å². The molecule has 0 amide bonds. The van der Waals surface area contributed by atoms with Crippen LogP contribution in [0.15, 0.2) is 16.6 Å². The molecule has 0 saturated carbocycles. The van der Waals surface area contributed by atoms with Crippen LogP contribution in [0.1, 0.15) is 17.3 Å². The predicted octanol–water partition coefficient (Wildman–Crippen LogP) is 2.62. The van der Waals surface area contributed by atoms with E-state index in [0.717, 1.165) is 10.8 Å². The molecule has 0 aliphatic carbocycles. The molecule has 0 bridgehead atoms. The maximum Gasteiger partial charge on any atom is 0.231 e. The average molecular weight is 319 g/mol. The largest absolute Gasteiger partial charge is 0.454 e. The first-order chi connectivity index (χ1) is 8.62. The predicted molar refractivity (Wildman–Crippen MR) is 69.1 cm³/mol. The second kappa shape index (κ2) is 7.35. The van der Waals surface area contributed by atoms with Crippen LogP contribution in [0.25, 0.3) is 0 Å². The highest BCUT2D eigenvalue weighted by Crippen LogP contribution is 2.36. The molecule has 100 valence electrons. The van der Waals surface area contributed by atoms with Gasteiger partial charge in [-0.05, 0) is 35.0 Å². The van der Waals surface area contributed by atoms with Gasteiger partial charge in [-0.25, -0.2) is 0 Å². The van der Waals surface area contributed by atoms with Gasteiger partial charge in [0.25, 0.3) is 0 Å². The number of methoxy groups -OCH3 is 2. The quantitative estimate of drug-likeness (QED) is 0.633. The molecule has 2 rings (SSSR count). The average Bonchev–Trinajstić information content (AvgIpc) is 2.84. The van der Waals surface area contributed by atoms with Gasteiger partial charge in [0.1, 0.15) is 0 Å². The summed E-state index contributed by atoms with van der Waals surface area (Å²) in [5.74, 6) is 1.30. The minimum atomic E-state index is -0.0648. The minimum absolute atomic E-state index is 0.0648. The van der Waals surface area contributed by atoms with E-state index < -0.39 is 0 Å². The van der Waals surface area contributed by atoms with Gasteiger partial charge in [0.15, 0.2) is 24.1 Å². The first-order valence-corrected chi connectivity index (χ1v) is 6.01. The number of carbonyl (C=O) groups excluding carboxylic acids is 1. The van der Waals surface area contributed by atoms with Crippen molar-refractivity contribution in [1.29, 1.82) is 0 Å². The Morgan fingerprint density at radius 1 is 1.28 bits per heavy atom. The normalized spacial score (nSPS) is 12.1. The second-order valence-electron chi connectivity index (χ2n) is 3.38. The number of carbonyl (C=O) groups is 1. The Hall–Kier alpha value is -1.11. The van der Waals surface area contributed by atoms with Crippen molar-refractivity contribution in [2.75, 3.05) is 21.0 Å². The topological polar surface area (TPSA) is 54.0 Å². The molecule has 0 N–H and O–H groups in total. The molecule has 0 saturated heterocycles. The molecule has 0 aromatic heterocycles. The molecular formula is C12H15BrO5. The maximum atomic E-state index is 10.5. The molecule has 1 aromatic rings. The van der Waals surface area contributed by atoms with Crippen LogP contribution in [0.5, 0.6) is 11.5 Å². The fourth-order valence-corrected chi connectivity index (χ4v) is 1.54. The SMILES string of the molecule is COC(C)OC.O=Cc1cc2c(cc1Br)OCO2. The van der Waals surface area contributed by atoms with Gasteiger partial charge in [0, 0.05) is 24.3 Å². The van der Waals surface area contributed by atoms with E-state index in [9.17, 15) is 4.79 Å². The minimum Gasteiger partial charge on any atom is -0.454 e. The summed E-state index contributed by atoms with van der Waals surface area (Å²) in [7, 11) is 3.21. The van der Waals surface area contributed by atoms with E-state index in [2.05, 4.69) is 25.4 Å². The third-order valence-electron chi connectivity index (χ3n) is 2.28. The molecule has 1 aliphatic rings. The first-order valence-electron chi connectivity index (χ1n) is 5.22. The Labute approximate surface area is 114 Å². The lowest BCUT2D eigenvalue weighted by Gasteiger charge is -2.03. The molecule has 0 radical (unpaired) electrons. The number of fused-ring (bicyclic) bond motifs is 1. The van der Waals surface area contributed by atoms with E-state index in [1.807, 2.05) is 6.92 Å². The van der Waals surface area contributed by atoms with Crippen molar-refractivity contribution in [3.8, 4) is 11.5 Å². The van der Waals surface area contributed by atoms with Crippen LogP contribution in [-0.4, -0.2) is 33.6 Å². The van der Waals surface area contributed by atoms with Crippen molar-refractivity contribution in [2.24, 2.45) is 0 Å². The Morgan fingerprint density at radius 2 is 1.83 bits per heavy atom. The van der Waals surface area contributed by atoms with Crippen LogP contribution in [-0.2, 0) is 9.47 Å². The maximum absolute atomic E-state index is 10.5. The molecular weight excluding hydrogens is 304 g/mol. The van der Waals surface area contributed by atoms with Gasteiger partial charge in [0.2, 0.25) is 6.79 Å². The molecule has 1 aliphatic heterocycles. The zero-order valence-corrected chi connectivity index (χ0v) is 12.0. The fraction of sp³-hybridized carbons (Fsp3) is 0.417. The summed E-state index contributed by atoms with van der Waals surface area (Å²) in [6.07, 6.45) is 0.705. The molecule has 0 atom stereocenters. The van der Waals surface area contributed by atoms with Crippen LogP contribution < -0.4 is 9.47 Å². The number of aldehydes is 1. The van der Waals surface area contributed by atoms with Crippen molar-refractivity contribution in [1.82, 2.24) is 0 Å². The third kappa shape index (κ3) is 3.97. The zero-order valence-electron chi connectivity index (χ0n) is 10.4. The molecule has 6 heteroatoms. The highest BCUT2D eigenvalue weighted by atomic mass is 79.9. The lowest BCUT2D eigenvalue weighted by Crippen LogP contribution is -2.05. The Bertz CT molecular complexity index is 404. The van der Waals surface area contributed by atoms with Crippen molar-refractivity contribution < 1.29 is 23.7 Å². The lowest BCUT2D eigenvalue weighted by molar-refractivity contribution is -0.0877. The monoisotopic (exact) mass is 318 g/mol. The molecule has 1 heterocycles. The summed E-state index contributed by atoms with van der Waals surface area (Å²) in [5, 5.41) is 0. The lowest BCUT2D eigenvalue weighted by atomic mass is 10.2. The smallest absolute Gasteiger partial charge is 0.231 e. The van der Waals surface area contributed by atoms with Gasteiger partial charge in [-0.15, -0.1) is 0 Å². The summed E-state index contributed by atoms with van der Waals surface area (Å²) < 4.78 is 20.3. The molecule has 0 unspecified atom stereocenters. The van der Waals surface area contributed by atoms with Crippen LogP contribution >= 0.6 is 15.9 Å². The number of ether oxygens (including phenoxy) is 4. The van der Waals surface area contributed by atoms with E-state index in [-0.39, 0.29) is 13.1 Å². The van der Waals surface area contributed by atoms with E-state index >= 15 is 0 Å². The second-order valence-corrected chi connectivity index (χ2v) is 4.24. The number of rotatable bonds is 3. The summed E-state index contributed by atoms with van der Waals surface area (Å²) in [4.78, 5) is 10.5. The molecule has 18 heavy (non-hydrogen) atoms. The summed E-state index contributed by atoms with van der Waals surface area (Å²) in [6.45, 7) is 2.06. The number of hydrogen-bond donors (Lipinski definition) is 0. The van der Waals surface area contributed by atoms with Gasteiger partial charge in [0.05, 0.1) is 0 Å². The zero-order chi connectivity index (χ0) is 13.5. The van der Waals surface area contributed by atoms with E-state index in [0.29, 0.717) is 17.1 Å². The van der Waals surface area contributed by atoms with E-state index in [1.165, 1.54) is 0 Å². The molecule has 1 aromatic carbocycles. The Kier molecular flexibility index (Phi) is 6.11. The highest BCUT2D eigenvalue weighted by Gasteiger charge is 2.15. The van der Waals surface area contributed by atoms with Crippen molar-refractivity contribution in [3.05, 3.63) is 22.2 Å². The molecule has 0 spiro atoms. The van der Waals surface area contributed by atoms with Gasteiger partial charge in [-0.2, -0.15) is 0 Å². The van der Waals surface area contributed by atoms with Crippen LogP contribution in [0, 0.1) is 0 Å². The van der Waals surface area contributed by atoms with Crippen LogP contribution in [0.3, 0.4) is 0 Å². The first kappa shape index (κ1) is 14.9. The Morgan fingerprint density at radius 3 is 2.28 bits per heavy atom.